The largest absolute Gasteiger partial charge is 0.358 e. The molecular formula is C16H21N3O. The van der Waals surface area contributed by atoms with E-state index in [-0.39, 0.29) is 11.9 Å². The van der Waals surface area contributed by atoms with Crippen molar-refractivity contribution < 1.29 is 4.79 Å². The van der Waals surface area contributed by atoms with Crippen molar-refractivity contribution in [2.75, 3.05) is 13.1 Å². The van der Waals surface area contributed by atoms with E-state index in [1.807, 2.05) is 18.2 Å². The third-order valence-electron chi connectivity index (χ3n) is 4.20. The number of nitrogens with one attached hydrogen (secondary N) is 3. The predicted octanol–water partition coefficient (Wildman–Crippen LogP) is 2.27. The number of aromatic amines is 1. The molecule has 0 aliphatic carbocycles. The first-order chi connectivity index (χ1) is 9.65. The monoisotopic (exact) mass is 271 g/mol. The molecule has 1 aromatic carbocycles. The smallest absolute Gasteiger partial charge is 0.251 e. The number of hydrogen-bond acceptors (Lipinski definition) is 2. The van der Waals surface area contributed by atoms with Crippen molar-refractivity contribution in [2.24, 2.45) is 0 Å². The van der Waals surface area contributed by atoms with Crippen LogP contribution in [0.5, 0.6) is 0 Å². The minimum Gasteiger partial charge on any atom is -0.358 e. The maximum Gasteiger partial charge on any atom is 0.251 e. The highest BCUT2D eigenvalue weighted by Crippen LogP contribution is 2.22. The van der Waals surface area contributed by atoms with Gasteiger partial charge in [-0.2, -0.15) is 0 Å². The van der Waals surface area contributed by atoms with Crippen molar-refractivity contribution in [3.8, 4) is 0 Å². The number of amides is 1. The molecule has 1 aromatic heterocycles. The van der Waals surface area contributed by atoms with E-state index in [4.69, 9.17) is 0 Å². The van der Waals surface area contributed by atoms with Gasteiger partial charge in [0.1, 0.15) is 0 Å². The summed E-state index contributed by atoms with van der Waals surface area (Å²) in [4.78, 5) is 15.7. The Hall–Kier alpha value is -1.81. The number of aromatic nitrogens is 1. The number of fused-ring (bicyclic) bond motifs is 1. The zero-order valence-corrected chi connectivity index (χ0v) is 12.0. The van der Waals surface area contributed by atoms with Gasteiger partial charge in [0.25, 0.3) is 5.91 Å². The number of carbonyl (C=O) groups is 1. The Morgan fingerprint density at radius 2 is 2.20 bits per heavy atom. The van der Waals surface area contributed by atoms with Crippen LogP contribution in [-0.4, -0.2) is 30.0 Å². The topological polar surface area (TPSA) is 56.9 Å². The van der Waals surface area contributed by atoms with Crippen molar-refractivity contribution in [3.05, 3.63) is 35.0 Å². The van der Waals surface area contributed by atoms with Crippen LogP contribution in [0.4, 0.5) is 0 Å². The third kappa shape index (κ3) is 2.43. The van der Waals surface area contributed by atoms with Crippen LogP contribution in [0.2, 0.25) is 0 Å². The second-order valence-corrected chi connectivity index (χ2v) is 5.65. The fourth-order valence-electron chi connectivity index (χ4n) is 2.85. The molecule has 4 heteroatoms. The van der Waals surface area contributed by atoms with Gasteiger partial charge in [-0.25, -0.2) is 0 Å². The molecule has 4 nitrogen and oxygen atoms in total. The molecule has 3 N–H and O–H groups in total. The van der Waals surface area contributed by atoms with Crippen LogP contribution in [0.15, 0.2) is 18.2 Å². The summed E-state index contributed by atoms with van der Waals surface area (Å²) in [5, 5.41) is 7.56. The van der Waals surface area contributed by atoms with Crippen molar-refractivity contribution in [2.45, 2.75) is 32.7 Å². The summed E-state index contributed by atoms with van der Waals surface area (Å²) in [7, 11) is 0. The molecule has 0 radical (unpaired) electrons. The predicted molar refractivity (Wildman–Crippen MR) is 81.1 cm³/mol. The Morgan fingerprint density at radius 3 is 2.95 bits per heavy atom. The van der Waals surface area contributed by atoms with Gasteiger partial charge in [-0.15, -0.1) is 0 Å². The summed E-state index contributed by atoms with van der Waals surface area (Å²) in [5.74, 6) is 0.0267. The molecule has 0 spiro atoms. The van der Waals surface area contributed by atoms with E-state index in [1.54, 1.807) is 0 Å². The van der Waals surface area contributed by atoms with E-state index in [1.165, 1.54) is 5.56 Å². The second-order valence-electron chi connectivity index (χ2n) is 5.65. The summed E-state index contributed by atoms with van der Waals surface area (Å²) in [6, 6.07) is 6.12. The molecule has 0 bridgehead atoms. The molecule has 1 atom stereocenters. The number of carbonyl (C=O) groups excluding carboxylic acids is 1. The van der Waals surface area contributed by atoms with Crippen molar-refractivity contribution in [3.63, 3.8) is 0 Å². The van der Waals surface area contributed by atoms with Crippen molar-refractivity contribution >= 4 is 16.8 Å². The Morgan fingerprint density at radius 1 is 1.35 bits per heavy atom. The average molecular weight is 271 g/mol. The highest BCUT2D eigenvalue weighted by molar-refractivity contribution is 5.99. The van der Waals surface area contributed by atoms with Crippen LogP contribution in [-0.2, 0) is 0 Å². The lowest BCUT2D eigenvalue weighted by Gasteiger charge is -2.23. The molecule has 0 unspecified atom stereocenters. The molecule has 1 aliphatic rings. The van der Waals surface area contributed by atoms with Crippen LogP contribution in [0, 0.1) is 13.8 Å². The molecule has 1 saturated heterocycles. The van der Waals surface area contributed by atoms with E-state index in [0.717, 1.165) is 48.1 Å². The molecule has 2 aromatic rings. The fraction of sp³-hybridized carbons (Fsp3) is 0.438. The lowest BCUT2D eigenvalue weighted by molar-refractivity contribution is 0.0931. The number of hydrogen-bond donors (Lipinski definition) is 3. The maximum absolute atomic E-state index is 12.3. The van der Waals surface area contributed by atoms with E-state index in [9.17, 15) is 4.79 Å². The zero-order chi connectivity index (χ0) is 14.1. The van der Waals surface area contributed by atoms with Gasteiger partial charge in [0.05, 0.1) is 0 Å². The van der Waals surface area contributed by atoms with Crippen LogP contribution in [0.25, 0.3) is 10.9 Å². The van der Waals surface area contributed by atoms with Gasteiger partial charge in [-0.05, 0) is 57.0 Å². The van der Waals surface area contributed by atoms with Gasteiger partial charge in [0.2, 0.25) is 0 Å². The van der Waals surface area contributed by atoms with Gasteiger partial charge in [-0.3, -0.25) is 4.79 Å². The Labute approximate surface area is 118 Å². The molecule has 2 heterocycles. The first-order valence-corrected chi connectivity index (χ1v) is 7.25. The molecule has 1 aliphatic heterocycles. The molecule has 0 saturated carbocycles. The Bertz CT molecular complexity index is 638. The van der Waals surface area contributed by atoms with Gasteiger partial charge < -0.3 is 15.6 Å². The van der Waals surface area contributed by atoms with E-state index in [2.05, 4.69) is 29.5 Å². The molecule has 106 valence electrons. The van der Waals surface area contributed by atoms with E-state index in [0.29, 0.717) is 0 Å². The van der Waals surface area contributed by atoms with Crippen LogP contribution < -0.4 is 10.6 Å². The van der Waals surface area contributed by atoms with Crippen LogP contribution in [0.1, 0.15) is 34.5 Å². The van der Waals surface area contributed by atoms with Gasteiger partial charge in [0, 0.05) is 34.7 Å². The average Bonchev–Trinajstić information content (AvgIpc) is 2.75. The fourth-order valence-corrected chi connectivity index (χ4v) is 2.85. The highest BCUT2D eigenvalue weighted by atomic mass is 16.1. The lowest BCUT2D eigenvalue weighted by Crippen LogP contribution is -2.45. The summed E-state index contributed by atoms with van der Waals surface area (Å²) >= 11 is 0. The Balaban J connectivity index is 1.82. The standard InChI is InChI=1S/C16H21N3O/c1-10-11(2)18-15-6-5-12(8-14(10)15)16(20)19-13-4-3-7-17-9-13/h5-6,8,13,17-18H,3-4,7,9H2,1-2H3,(H,19,20)/t13-/m0/s1. The quantitative estimate of drug-likeness (QED) is 0.785. The second kappa shape index (κ2) is 5.29. The molecule has 1 amide bonds. The van der Waals surface area contributed by atoms with E-state index < -0.39 is 0 Å². The number of aryl methyl sites for hydroxylation is 2. The molecule has 3 rings (SSSR count). The molecular weight excluding hydrogens is 250 g/mol. The summed E-state index contributed by atoms with van der Waals surface area (Å²) in [6.45, 7) is 6.07. The molecule has 1 fully saturated rings. The summed E-state index contributed by atoms with van der Waals surface area (Å²) in [5.41, 5.74) is 4.21. The van der Waals surface area contributed by atoms with Crippen LogP contribution in [0.3, 0.4) is 0 Å². The van der Waals surface area contributed by atoms with Gasteiger partial charge in [0.15, 0.2) is 0 Å². The van der Waals surface area contributed by atoms with E-state index >= 15 is 0 Å². The number of benzene rings is 1. The number of rotatable bonds is 2. The van der Waals surface area contributed by atoms with Gasteiger partial charge in [-0.1, -0.05) is 0 Å². The SMILES string of the molecule is Cc1[nH]c2ccc(C(=O)N[C@H]3CCCNC3)cc2c1C. The number of piperidine rings is 1. The first-order valence-electron chi connectivity index (χ1n) is 7.25. The third-order valence-corrected chi connectivity index (χ3v) is 4.20. The number of H-pyrrole nitrogens is 1. The lowest BCUT2D eigenvalue weighted by atomic mass is 10.1. The summed E-state index contributed by atoms with van der Waals surface area (Å²) < 4.78 is 0. The highest BCUT2D eigenvalue weighted by Gasteiger charge is 2.17. The first kappa shape index (κ1) is 13.2. The minimum absolute atomic E-state index is 0.0267. The molecule has 20 heavy (non-hydrogen) atoms. The van der Waals surface area contributed by atoms with Crippen molar-refractivity contribution in [1.29, 1.82) is 0 Å². The van der Waals surface area contributed by atoms with Gasteiger partial charge >= 0.3 is 0 Å². The Kier molecular flexibility index (Phi) is 3.49. The maximum atomic E-state index is 12.3. The van der Waals surface area contributed by atoms with Crippen LogP contribution >= 0.6 is 0 Å². The minimum atomic E-state index is 0.0267. The summed E-state index contributed by atoms with van der Waals surface area (Å²) in [6.07, 6.45) is 2.18. The normalized spacial score (nSPS) is 19.2. The zero-order valence-electron chi connectivity index (χ0n) is 12.0. The van der Waals surface area contributed by atoms with Crippen molar-refractivity contribution in [1.82, 2.24) is 15.6 Å².